The molecule has 1 aliphatic heterocycles. The normalized spacial score (nSPS) is 20.6. The minimum atomic E-state index is 0.193. The first-order valence-corrected chi connectivity index (χ1v) is 8.10. The summed E-state index contributed by atoms with van der Waals surface area (Å²) in [4.78, 5) is 12.1. The number of rotatable bonds is 2. The SMILES string of the molecule is Cc1cc2c(nc1C)=NC(C1CCC1)N(c1ccccc1)C=2. The molecule has 112 valence electrons. The van der Waals surface area contributed by atoms with Gasteiger partial charge in [0, 0.05) is 28.7 Å². The van der Waals surface area contributed by atoms with Crippen LogP contribution >= 0.6 is 0 Å². The number of hydrogen-bond acceptors (Lipinski definition) is 3. The number of hydrogen-bond donors (Lipinski definition) is 0. The third kappa shape index (κ3) is 2.21. The number of anilines is 1. The number of fused-ring (bicyclic) bond motifs is 1. The van der Waals surface area contributed by atoms with Gasteiger partial charge in [0.05, 0.1) is 0 Å². The van der Waals surface area contributed by atoms with E-state index in [9.17, 15) is 0 Å². The predicted molar refractivity (Wildman–Crippen MR) is 89.0 cm³/mol. The van der Waals surface area contributed by atoms with Gasteiger partial charge in [-0.3, -0.25) is 0 Å². The van der Waals surface area contributed by atoms with Gasteiger partial charge in [0.2, 0.25) is 0 Å². The Morgan fingerprint density at radius 1 is 1.09 bits per heavy atom. The van der Waals surface area contributed by atoms with Gasteiger partial charge in [0.15, 0.2) is 5.49 Å². The van der Waals surface area contributed by atoms with Crippen LogP contribution in [0, 0.1) is 19.8 Å². The molecule has 3 nitrogen and oxygen atoms in total. The molecule has 2 aliphatic rings. The average molecular weight is 291 g/mol. The maximum absolute atomic E-state index is 5.01. The standard InChI is InChI=1S/C19H21N3/c1-13-11-16-12-22(17-9-4-3-5-10-17)19(15-7-6-8-15)21-18(16)20-14(13)2/h3-5,9-12,15,19H,6-8H2,1-2H3. The number of nitrogens with zero attached hydrogens (tertiary/aromatic N) is 3. The Bertz CT molecular complexity index is 807. The van der Waals surface area contributed by atoms with Crippen molar-refractivity contribution in [2.24, 2.45) is 10.9 Å². The number of aromatic nitrogens is 1. The molecule has 1 aromatic heterocycles. The van der Waals surface area contributed by atoms with Crippen molar-refractivity contribution >= 4 is 11.9 Å². The summed E-state index contributed by atoms with van der Waals surface area (Å²) in [5, 5.41) is 1.13. The molecule has 1 saturated carbocycles. The highest BCUT2D eigenvalue weighted by atomic mass is 15.3. The first-order chi connectivity index (χ1) is 10.7. The van der Waals surface area contributed by atoms with E-state index in [2.05, 4.69) is 61.3 Å². The lowest BCUT2D eigenvalue weighted by molar-refractivity contribution is 0.262. The Hall–Kier alpha value is -2.16. The van der Waals surface area contributed by atoms with Crippen molar-refractivity contribution in [2.75, 3.05) is 4.90 Å². The van der Waals surface area contributed by atoms with Crippen molar-refractivity contribution in [1.82, 2.24) is 4.98 Å². The van der Waals surface area contributed by atoms with Crippen LogP contribution in [0.3, 0.4) is 0 Å². The molecular weight excluding hydrogens is 270 g/mol. The number of pyridine rings is 1. The average Bonchev–Trinajstić information content (AvgIpc) is 2.47. The monoisotopic (exact) mass is 291 g/mol. The molecule has 22 heavy (non-hydrogen) atoms. The summed E-state index contributed by atoms with van der Waals surface area (Å²) in [7, 11) is 0. The van der Waals surface area contributed by atoms with Gasteiger partial charge < -0.3 is 4.90 Å². The van der Waals surface area contributed by atoms with Gasteiger partial charge in [-0.05, 0) is 50.5 Å². The van der Waals surface area contributed by atoms with Crippen molar-refractivity contribution in [3.63, 3.8) is 0 Å². The van der Waals surface area contributed by atoms with E-state index in [0.29, 0.717) is 5.92 Å². The Labute approximate surface area is 131 Å². The minimum absolute atomic E-state index is 0.193. The van der Waals surface area contributed by atoms with Crippen molar-refractivity contribution in [1.29, 1.82) is 0 Å². The molecule has 0 N–H and O–H groups in total. The van der Waals surface area contributed by atoms with E-state index in [1.165, 1.54) is 30.5 Å². The molecule has 1 aromatic carbocycles. The van der Waals surface area contributed by atoms with Crippen LogP contribution in [0.1, 0.15) is 30.5 Å². The largest absolute Gasteiger partial charge is 0.324 e. The summed E-state index contributed by atoms with van der Waals surface area (Å²) in [6.45, 7) is 4.17. The summed E-state index contributed by atoms with van der Waals surface area (Å²) in [6.07, 6.45) is 6.29. The highest BCUT2D eigenvalue weighted by molar-refractivity contribution is 5.60. The summed E-state index contributed by atoms with van der Waals surface area (Å²) < 4.78 is 0. The molecule has 3 heteroatoms. The van der Waals surface area contributed by atoms with E-state index in [1.807, 2.05) is 0 Å². The molecule has 0 saturated heterocycles. The van der Waals surface area contributed by atoms with Crippen molar-refractivity contribution in [2.45, 2.75) is 39.3 Å². The topological polar surface area (TPSA) is 28.5 Å². The Kier molecular flexibility index (Phi) is 3.21. The summed E-state index contributed by atoms with van der Waals surface area (Å²) in [5.74, 6) is 0.646. The first-order valence-electron chi connectivity index (χ1n) is 8.10. The molecule has 0 amide bonds. The Balaban J connectivity index is 1.87. The quantitative estimate of drug-likeness (QED) is 0.851. The van der Waals surface area contributed by atoms with E-state index < -0.39 is 0 Å². The molecule has 2 heterocycles. The van der Waals surface area contributed by atoms with Gasteiger partial charge in [-0.15, -0.1) is 0 Å². The molecule has 1 fully saturated rings. The molecule has 1 unspecified atom stereocenters. The second-order valence-electron chi connectivity index (χ2n) is 6.41. The fraction of sp³-hybridized carbons (Fsp3) is 0.368. The second-order valence-corrected chi connectivity index (χ2v) is 6.41. The zero-order valence-corrected chi connectivity index (χ0v) is 13.2. The molecule has 0 bridgehead atoms. The molecule has 2 aromatic rings. The summed E-state index contributed by atoms with van der Waals surface area (Å²) >= 11 is 0. The maximum atomic E-state index is 5.01. The Morgan fingerprint density at radius 2 is 1.86 bits per heavy atom. The molecule has 1 atom stereocenters. The smallest absolute Gasteiger partial charge is 0.158 e. The first kappa shape index (κ1) is 13.5. The van der Waals surface area contributed by atoms with Crippen LogP contribution in [-0.2, 0) is 0 Å². The zero-order valence-electron chi connectivity index (χ0n) is 13.2. The van der Waals surface area contributed by atoms with Crippen LogP contribution in [0.5, 0.6) is 0 Å². The van der Waals surface area contributed by atoms with Crippen molar-refractivity contribution in [3.05, 3.63) is 58.4 Å². The van der Waals surface area contributed by atoms with Gasteiger partial charge in [-0.2, -0.15) is 0 Å². The van der Waals surface area contributed by atoms with E-state index >= 15 is 0 Å². The molecule has 0 spiro atoms. The number of para-hydroxylation sites is 1. The van der Waals surface area contributed by atoms with Crippen LogP contribution in [0.2, 0.25) is 0 Å². The molecular formula is C19H21N3. The Morgan fingerprint density at radius 3 is 2.55 bits per heavy atom. The zero-order chi connectivity index (χ0) is 15.1. The van der Waals surface area contributed by atoms with Crippen LogP contribution in [0.25, 0.3) is 6.20 Å². The van der Waals surface area contributed by atoms with Gasteiger partial charge in [-0.1, -0.05) is 24.6 Å². The van der Waals surface area contributed by atoms with E-state index in [1.54, 1.807) is 0 Å². The second kappa shape index (κ2) is 5.24. The van der Waals surface area contributed by atoms with Crippen molar-refractivity contribution < 1.29 is 0 Å². The van der Waals surface area contributed by atoms with Crippen LogP contribution < -0.4 is 15.6 Å². The van der Waals surface area contributed by atoms with Crippen LogP contribution in [-0.4, -0.2) is 11.1 Å². The predicted octanol–water partition coefficient (Wildman–Crippen LogP) is 2.70. The highest BCUT2D eigenvalue weighted by Gasteiger charge is 2.32. The molecule has 4 rings (SSSR count). The fourth-order valence-corrected chi connectivity index (χ4v) is 3.22. The summed E-state index contributed by atoms with van der Waals surface area (Å²) in [6, 6.07) is 12.8. The highest BCUT2D eigenvalue weighted by Crippen LogP contribution is 2.35. The van der Waals surface area contributed by atoms with E-state index in [-0.39, 0.29) is 6.17 Å². The van der Waals surface area contributed by atoms with E-state index in [4.69, 9.17) is 9.98 Å². The maximum Gasteiger partial charge on any atom is 0.158 e. The van der Waals surface area contributed by atoms with Crippen molar-refractivity contribution in [3.8, 4) is 0 Å². The van der Waals surface area contributed by atoms with Gasteiger partial charge >= 0.3 is 0 Å². The number of aryl methyl sites for hydroxylation is 2. The lowest BCUT2D eigenvalue weighted by Gasteiger charge is -2.39. The van der Waals surface area contributed by atoms with Gasteiger partial charge in [0.1, 0.15) is 6.17 Å². The van der Waals surface area contributed by atoms with Crippen LogP contribution in [0.15, 0.2) is 41.4 Å². The lowest BCUT2D eigenvalue weighted by Crippen LogP contribution is -2.48. The lowest BCUT2D eigenvalue weighted by atomic mass is 9.82. The molecule has 1 aliphatic carbocycles. The number of benzene rings is 1. The third-order valence-electron chi connectivity index (χ3n) is 4.92. The van der Waals surface area contributed by atoms with E-state index in [0.717, 1.165) is 16.4 Å². The minimum Gasteiger partial charge on any atom is -0.324 e. The molecule has 0 radical (unpaired) electrons. The van der Waals surface area contributed by atoms with Gasteiger partial charge in [0.25, 0.3) is 0 Å². The van der Waals surface area contributed by atoms with Gasteiger partial charge in [-0.25, -0.2) is 9.98 Å². The van der Waals surface area contributed by atoms with Crippen LogP contribution in [0.4, 0.5) is 5.69 Å². The third-order valence-corrected chi connectivity index (χ3v) is 4.92. The fourth-order valence-electron chi connectivity index (χ4n) is 3.22. The summed E-state index contributed by atoms with van der Waals surface area (Å²) in [5.41, 5.74) is 4.43.